The molecule has 1 aliphatic heterocycles. The molecular weight excluding hydrogens is 340 g/mol. The first-order valence-corrected chi connectivity index (χ1v) is 9.46. The highest BCUT2D eigenvalue weighted by molar-refractivity contribution is 5.80. The maximum atomic E-state index is 12.3. The second-order valence-corrected chi connectivity index (χ2v) is 6.99. The molecule has 1 N–H and O–H groups in total. The molecule has 1 fully saturated rings. The Balaban J connectivity index is 1.49. The van der Waals surface area contributed by atoms with Gasteiger partial charge in [-0.15, -0.1) is 0 Å². The zero-order chi connectivity index (χ0) is 19.2. The maximum Gasteiger partial charge on any atom is 0.261 e. The number of benzene rings is 2. The molecule has 1 aliphatic rings. The van der Waals surface area contributed by atoms with E-state index >= 15 is 0 Å². The zero-order valence-electron chi connectivity index (χ0n) is 16.3. The molecule has 0 radical (unpaired) electrons. The van der Waals surface area contributed by atoms with Gasteiger partial charge in [0.2, 0.25) is 0 Å². The molecule has 0 aliphatic carbocycles. The van der Waals surface area contributed by atoms with Gasteiger partial charge in [0.1, 0.15) is 5.75 Å². The number of ether oxygens (including phenoxy) is 2. The smallest absolute Gasteiger partial charge is 0.261 e. The van der Waals surface area contributed by atoms with Crippen molar-refractivity contribution in [2.75, 3.05) is 31.2 Å². The molecule has 0 aromatic heterocycles. The highest BCUT2D eigenvalue weighted by Crippen LogP contribution is 2.18. The van der Waals surface area contributed by atoms with Crippen molar-refractivity contribution in [2.45, 2.75) is 33.4 Å². The number of rotatable bonds is 6. The van der Waals surface area contributed by atoms with Crippen LogP contribution in [-0.4, -0.2) is 38.3 Å². The predicted octanol–water partition coefficient (Wildman–Crippen LogP) is 3.22. The van der Waals surface area contributed by atoms with Crippen molar-refractivity contribution >= 4 is 11.6 Å². The lowest BCUT2D eigenvalue weighted by Crippen LogP contribution is -2.36. The summed E-state index contributed by atoms with van der Waals surface area (Å²) in [5.41, 5.74) is 4.62. The predicted molar refractivity (Wildman–Crippen MR) is 107 cm³/mol. The summed E-state index contributed by atoms with van der Waals surface area (Å²) in [4.78, 5) is 14.6. The van der Waals surface area contributed by atoms with Gasteiger partial charge in [-0.25, -0.2) is 0 Å². The lowest BCUT2D eigenvalue weighted by Gasteiger charge is -2.28. The highest BCUT2D eigenvalue weighted by atomic mass is 16.5. The van der Waals surface area contributed by atoms with Crippen LogP contribution < -0.4 is 15.0 Å². The van der Waals surface area contributed by atoms with E-state index in [1.807, 2.05) is 25.1 Å². The fraction of sp³-hybridized carbons (Fsp3) is 0.409. The molecule has 1 amide bonds. The van der Waals surface area contributed by atoms with E-state index in [0.717, 1.165) is 43.2 Å². The van der Waals surface area contributed by atoms with Crippen molar-refractivity contribution in [3.05, 3.63) is 59.2 Å². The third-order valence-corrected chi connectivity index (χ3v) is 4.94. The fourth-order valence-corrected chi connectivity index (χ4v) is 3.02. The van der Waals surface area contributed by atoms with Crippen molar-refractivity contribution in [3.8, 4) is 5.75 Å². The zero-order valence-corrected chi connectivity index (χ0v) is 16.3. The van der Waals surface area contributed by atoms with Crippen LogP contribution in [0.4, 0.5) is 5.69 Å². The minimum atomic E-state index is -0.542. The molecule has 1 heterocycles. The second kappa shape index (κ2) is 8.91. The molecule has 0 spiro atoms. The summed E-state index contributed by atoms with van der Waals surface area (Å²) in [5.74, 6) is 0.598. The van der Waals surface area contributed by atoms with Gasteiger partial charge in [-0.2, -0.15) is 0 Å². The van der Waals surface area contributed by atoms with E-state index in [-0.39, 0.29) is 5.91 Å². The van der Waals surface area contributed by atoms with E-state index in [1.165, 1.54) is 11.3 Å². The van der Waals surface area contributed by atoms with Crippen LogP contribution >= 0.6 is 0 Å². The van der Waals surface area contributed by atoms with Crippen LogP contribution in [0.25, 0.3) is 0 Å². The number of nitrogens with zero attached hydrogens (tertiary/aromatic N) is 1. The van der Waals surface area contributed by atoms with E-state index in [9.17, 15) is 4.79 Å². The number of morpholine rings is 1. The Morgan fingerprint density at radius 2 is 1.81 bits per heavy atom. The Morgan fingerprint density at radius 3 is 2.48 bits per heavy atom. The minimum Gasteiger partial charge on any atom is -0.481 e. The molecule has 3 rings (SSSR count). The van der Waals surface area contributed by atoms with Crippen molar-refractivity contribution < 1.29 is 14.3 Å². The van der Waals surface area contributed by atoms with Crippen LogP contribution in [-0.2, 0) is 16.1 Å². The van der Waals surface area contributed by atoms with E-state index in [2.05, 4.69) is 41.4 Å². The van der Waals surface area contributed by atoms with Gasteiger partial charge in [-0.05, 0) is 61.7 Å². The van der Waals surface area contributed by atoms with Gasteiger partial charge in [-0.3, -0.25) is 4.79 Å². The van der Waals surface area contributed by atoms with E-state index in [1.54, 1.807) is 6.92 Å². The molecular formula is C22H28N2O3. The number of hydrogen-bond acceptors (Lipinski definition) is 4. The summed E-state index contributed by atoms with van der Waals surface area (Å²) in [5, 5.41) is 2.95. The van der Waals surface area contributed by atoms with Crippen molar-refractivity contribution in [1.29, 1.82) is 0 Å². The number of nitrogens with one attached hydrogen (secondary N) is 1. The lowest BCUT2D eigenvalue weighted by atomic mass is 10.1. The standard InChI is InChI=1S/C22H28N2O3/c1-16-4-9-21(14-17(16)2)27-18(3)22(25)23-15-19-5-7-20(8-6-19)24-10-12-26-13-11-24/h4-9,14,18H,10-13,15H2,1-3H3,(H,23,25)/t18-/m0/s1. The first-order valence-electron chi connectivity index (χ1n) is 9.46. The third-order valence-electron chi connectivity index (χ3n) is 4.94. The van der Waals surface area contributed by atoms with Crippen LogP contribution in [0, 0.1) is 13.8 Å². The van der Waals surface area contributed by atoms with Crippen molar-refractivity contribution in [1.82, 2.24) is 5.32 Å². The Labute approximate surface area is 161 Å². The van der Waals surface area contributed by atoms with Gasteiger partial charge < -0.3 is 19.7 Å². The molecule has 1 atom stereocenters. The molecule has 0 unspecified atom stereocenters. The average Bonchev–Trinajstić information content (AvgIpc) is 2.70. The van der Waals surface area contributed by atoms with Crippen molar-refractivity contribution in [2.24, 2.45) is 0 Å². The Kier molecular flexibility index (Phi) is 6.35. The largest absolute Gasteiger partial charge is 0.481 e. The summed E-state index contributed by atoms with van der Waals surface area (Å²) in [7, 11) is 0. The van der Waals surface area contributed by atoms with Gasteiger partial charge in [0, 0.05) is 25.3 Å². The quantitative estimate of drug-likeness (QED) is 0.851. The van der Waals surface area contributed by atoms with E-state index in [4.69, 9.17) is 9.47 Å². The summed E-state index contributed by atoms with van der Waals surface area (Å²) in [6.07, 6.45) is -0.542. The van der Waals surface area contributed by atoms with E-state index < -0.39 is 6.10 Å². The SMILES string of the molecule is Cc1ccc(O[C@@H](C)C(=O)NCc2ccc(N3CCOCC3)cc2)cc1C. The van der Waals surface area contributed by atoms with Gasteiger partial charge >= 0.3 is 0 Å². The van der Waals surface area contributed by atoms with E-state index in [0.29, 0.717) is 6.54 Å². The molecule has 27 heavy (non-hydrogen) atoms. The van der Waals surface area contributed by atoms with Gasteiger partial charge in [0.15, 0.2) is 6.10 Å². The van der Waals surface area contributed by atoms with Gasteiger partial charge in [0.05, 0.1) is 13.2 Å². The summed E-state index contributed by atoms with van der Waals surface area (Å²) >= 11 is 0. The topological polar surface area (TPSA) is 50.8 Å². The number of hydrogen-bond donors (Lipinski definition) is 1. The molecule has 0 saturated carbocycles. The summed E-state index contributed by atoms with van der Waals surface area (Å²) in [6, 6.07) is 14.2. The Morgan fingerprint density at radius 1 is 1.11 bits per heavy atom. The van der Waals surface area contributed by atoms with Crippen LogP contribution in [0.3, 0.4) is 0 Å². The fourth-order valence-electron chi connectivity index (χ4n) is 3.02. The number of aryl methyl sites for hydroxylation is 2. The third kappa shape index (κ3) is 5.23. The molecule has 144 valence electrons. The van der Waals surface area contributed by atoms with Gasteiger partial charge in [-0.1, -0.05) is 18.2 Å². The highest BCUT2D eigenvalue weighted by Gasteiger charge is 2.15. The number of carbonyl (C=O) groups is 1. The van der Waals surface area contributed by atoms with Crippen LogP contribution in [0.1, 0.15) is 23.6 Å². The summed E-state index contributed by atoms with van der Waals surface area (Å²) in [6.45, 7) is 9.74. The molecule has 2 aromatic rings. The summed E-state index contributed by atoms with van der Waals surface area (Å²) < 4.78 is 11.2. The molecule has 0 bridgehead atoms. The van der Waals surface area contributed by atoms with Crippen LogP contribution in [0.15, 0.2) is 42.5 Å². The monoisotopic (exact) mass is 368 g/mol. The van der Waals surface area contributed by atoms with Crippen LogP contribution in [0.2, 0.25) is 0 Å². The Hall–Kier alpha value is -2.53. The molecule has 1 saturated heterocycles. The second-order valence-electron chi connectivity index (χ2n) is 6.99. The Bertz CT molecular complexity index is 768. The normalized spacial score (nSPS) is 15.3. The van der Waals surface area contributed by atoms with Crippen molar-refractivity contribution in [3.63, 3.8) is 0 Å². The first-order chi connectivity index (χ1) is 13.0. The minimum absolute atomic E-state index is 0.120. The molecule has 5 heteroatoms. The maximum absolute atomic E-state index is 12.3. The molecule has 5 nitrogen and oxygen atoms in total. The van der Waals surface area contributed by atoms with Crippen LogP contribution in [0.5, 0.6) is 5.75 Å². The number of carbonyl (C=O) groups excluding carboxylic acids is 1. The number of amides is 1. The first kappa shape index (κ1) is 19.2. The number of anilines is 1. The average molecular weight is 368 g/mol. The lowest BCUT2D eigenvalue weighted by molar-refractivity contribution is -0.127. The van der Waals surface area contributed by atoms with Gasteiger partial charge in [0.25, 0.3) is 5.91 Å². The molecule has 2 aromatic carbocycles.